The van der Waals surface area contributed by atoms with Gasteiger partial charge in [-0.1, -0.05) is 6.07 Å². The summed E-state index contributed by atoms with van der Waals surface area (Å²) in [5.41, 5.74) is 1.74. The van der Waals surface area contributed by atoms with E-state index in [1.807, 2.05) is 0 Å². The van der Waals surface area contributed by atoms with E-state index in [4.69, 9.17) is 0 Å². The number of carbonyl (C=O) groups excluding carboxylic acids is 2. The molecule has 35 heavy (non-hydrogen) atoms. The predicted molar refractivity (Wildman–Crippen MR) is 123 cm³/mol. The summed E-state index contributed by atoms with van der Waals surface area (Å²) >= 11 is 0. The van der Waals surface area contributed by atoms with Crippen molar-refractivity contribution in [2.75, 3.05) is 12.9 Å². The van der Waals surface area contributed by atoms with Gasteiger partial charge in [-0.3, -0.25) is 14.6 Å². The Morgan fingerprint density at radius 3 is 2.60 bits per heavy atom. The van der Waals surface area contributed by atoms with Gasteiger partial charge in [0.25, 0.3) is 5.91 Å². The Morgan fingerprint density at radius 2 is 1.86 bits per heavy atom. The Labute approximate surface area is 199 Å². The van der Waals surface area contributed by atoms with Crippen LogP contribution < -0.4 is 5.32 Å². The van der Waals surface area contributed by atoms with Crippen LogP contribution in [-0.2, 0) is 25.9 Å². The number of rotatable bonds is 8. The molecule has 1 N–H and O–H groups in total. The lowest BCUT2D eigenvalue weighted by atomic mass is 10.2. The Bertz CT molecular complexity index is 1500. The van der Waals surface area contributed by atoms with Gasteiger partial charge in [-0.15, -0.1) is 0 Å². The molecule has 3 aromatic heterocycles. The monoisotopic (exact) mass is 497 g/mol. The number of methoxy groups -OCH3 is 1. The first-order valence-corrected chi connectivity index (χ1v) is 12.0. The van der Waals surface area contributed by atoms with Crippen molar-refractivity contribution in [3.63, 3.8) is 0 Å². The average Bonchev–Trinajstić information content (AvgIpc) is 3.31. The van der Waals surface area contributed by atoms with E-state index in [1.54, 1.807) is 29.1 Å². The second-order valence-corrected chi connectivity index (χ2v) is 9.50. The lowest BCUT2D eigenvalue weighted by molar-refractivity contribution is -0.140. The molecule has 180 valence electrons. The normalized spacial score (nSPS) is 11.4. The zero-order chi connectivity index (χ0) is 25.0. The summed E-state index contributed by atoms with van der Waals surface area (Å²) in [6.07, 6.45) is 4.17. The number of hydrogen-bond donors (Lipinski definition) is 1. The van der Waals surface area contributed by atoms with Gasteiger partial charge in [0.05, 0.1) is 60.7 Å². The van der Waals surface area contributed by atoms with Gasteiger partial charge >= 0.3 is 5.97 Å². The fourth-order valence-electron chi connectivity index (χ4n) is 3.33. The highest BCUT2D eigenvalue weighted by Gasteiger charge is 2.19. The maximum atomic E-state index is 13.3. The van der Waals surface area contributed by atoms with Crippen LogP contribution in [0.5, 0.6) is 0 Å². The molecule has 0 radical (unpaired) electrons. The number of aromatic nitrogens is 4. The smallest absolute Gasteiger partial charge is 0.306 e. The molecule has 3 heterocycles. The molecule has 0 saturated carbocycles. The largest absolute Gasteiger partial charge is 0.469 e. The van der Waals surface area contributed by atoms with Crippen LogP contribution in [-0.4, -0.2) is 52.9 Å². The van der Waals surface area contributed by atoms with Crippen LogP contribution in [0.1, 0.15) is 22.5 Å². The second kappa shape index (κ2) is 9.97. The summed E-state index contributed by atoms with van der Waals surface area (Å²) in [4.78, 5) is 32.4. The van der Waals surface area contributed by atoms with E-state index >= 15 is 0 Å². The van der Waals surface area contributed by atoms with Crippen LogP contribution in [0.4, 0.5) is 4.39 Å². The summed E-state index contributed by atoms with van der Waals surface area (Å²) in [5.74, 6) is -1.91. The number of ether oxygens (including phenoxy) is 1. The third-order valence-corrected chi connectivity index (χ3v) is 6.75. The van der Waals surface area contributed by atoms with Gasteiger partial charge in [-0.25, -0.2) is 22.5 Å². The van der Waals surface area contributed by atoms with Gasteiger partial charge in [0.15, 0.2) is 14.9 Å². The third-order valence-electron chi connectivity index (χ3n) is 5.15. The van der Waals surface area contributed by atoms with E-state index in [0.29, 0.717) is 22.3 Å². The molecule has 0 fully saturated rings. The molecule has 0 spiro atoms. The Kier molecular flexibility index (Phi) is 6.82. The van der Waals surface area contributed by atoms with E-state index in [9.17, 15) is 22.4 Å². The van der Waals surface area contributed by atoms with E-state index < -0.39 is 27.5 Å². The molecule has 1 aromatic carbocycles. The van der Waals surface area contributed by atoms with Crippen LogP contribution in [0.15, 0.2) is 66.1 Å². The highest BCUT2D eigenvalue weighted by molar-refractivity contribution is 7.91. The molecule has 0 aliphatic rings. The topological polar surface area (TPSA) is 133 Å². The zero-order valence-corrected chi connectivity index (χ0v) is 19.3. The predicted octanol–water partition coefficient (Wildman–Crippen LogP) is 2.22. The van der Waals surface area contributed by atoms with Crippen LogP contribution in [0.25, 0.3) is 16.6 Å². The minimum atomic E-state index is -3.80. The fraction of sp³-hybridized carbons (Fsp3) is 0.174. The first kappa shape index (κ1) is 24.0. The van der Waals surface area contributed by atoms with Gasteiger partial charge in [0.1, 0.15) is 5.82 Å². The molecule has 0 aliphatic heterocycles. The van der Waals surface area contributed by atoms with E-state index in [2.05, 4.69) is 25.1 Å². The number of sulfone groups is 1. The highest BCUT2D eigenvalue weighted by Crippen LogP contribution is 2.21. The van der Waals surface area contributed by atoms with Crippen LogP contribution >= 0.6 is 0 Å². The lowest BCUT2D eigenvalue weighted by Gasteiger charge is -2.08. The number of nitrogens with zero attached hydrogens (tertiary/aromatic N) is 4. The summed E-state index contributed by atoms with van der Waals surface area (Å²) in [5, 5.41) is 7.34. The average molecular weight is 498 g/mol. The number of carbonyl (C=O) groups is 2. The molecular formula is C23H20FN5O5S. The molecule has 0 saturated heterocycles. The lowest BCUT2D eigenvalue weighted by Crippen LogP contribution is -2.24. The van der Waals surface area contributed by atoms with E-state index in [1.165, 1.54) is 43.8 Å². The molecule has 0 atom stereocenters. The SMILES string of the molecule is COC(=O)CCS(=O)(=O)c1cccc(CNC(=O)c2cncc3c2cnn3-c2ccc(F)cc2)n1. The first-order valence-electron chi connectivity index (χ1n) is 10.4. The molecule has 0 bridgehead atoms. The van der Waals surface area contributed by atoms with Gasteiger partial charge in [-0.05, 0) is 36.4 Å². The number of hydrogen-bond acceptors (Lipinski definition) is 8. The van der Waals surface area contributed by atoms with Crippen molar-refractivity contribution < 1.29 is 27.1 Å². The van der Waals surface area contributed by atoms with Crippen LogP contribution in [0.3, 0.4) is 0 Å². The van der Waals surface area contributed by atoms with E-state index in [0.717, 1.165) is 0 Å². The number of amides is 1. The van der Waals surface area contributed by atoms with Gasteiger partial charge in [0.2, 0.25) is 0 Å². The quantitative estimate of drug-likeness (QED) is 0.367. The van der Waals surface area contributed by atoms with Crippen molar-refractivity contribution in [1.82, 2.24) is 25.1 Å². The molecule has 10 nitrogen and oxygen atoms in total. The van der Waals surface area contributed by atoms with Gasteiger partial charge < -0.3 is 10.1 Å². The third kappa shape index (κ3) is 5.32. The minimum absolute atomic E-state index is 0.0400. The fourth-order valence-corrected chi connectivity index (χ4v) is 4.52. The van der Waals surface area contributed by atoms with Crippen molar-refractivity contribution in [3.8, 4) is 5.69 Å². The molecule has 0 unspecified atom stereocenters. The molecule has 0 aliphatic carbocycles. The summed E-state index contributed by atoms with van der Waals surface area (Å²) in [7, 11) is -2.62. The Morgan fingerprint density at radius 1 is 1.09 bits per heavy atom. The molecule has 1 amide bonds. The minimum Gasteiger partial charge on any atom is -0.469 e. The number of fused-ring (bicyclic) bond motifs is 1. The van der Waals surface area contributed by atoms with Crippen molar-refractivity contribution in [3.05, 3.63) is 78.1 Å². The molecule has 4 aromatic rings. The summed E-state index contributed by atoms with van der Waals surface area (Å²) < 4.78 is 44.2. The van der Waals surface area contributed by atoms with Crippen molar-refractivity contribution in [2.24, 2.45) is 0 Å². The number of pyridine rings is 2. The summed E-state index contributed by atoms with van der Waals surface area (Å²) in [6, 6.07) is 10.2. The van der Waals surface area contributed by atoms with Gasteiger partial charge in [0, 0.05) is 11.6 Å². The zero-order valence-electron chi connectivity index (χ0n) is 18.5. The number of halogens is 1. The summed E-state index contributed by atoms with van der Waals surface area (Å²) in [6.45, 7) is -0.0400. The van der Waals surface area contributed by atoms with Crippen molar-refractivity contribution >= 4 is 32.6 Å². The van der Waals surface area contributed by atoms with E-state index in [-0.39, 0.29) is 29.4 Å². The number of benzene rings is 1. The highest BCUT2D eigenvalue weighted by atomic mass is 32.2. The molecule has 12 heteroatoms. The number of nitrogens with one attached hydrogen (secondary N) is 1. The van der Waals surface area contributed by atoms with Gasteiger partial charge in [-0.2, -0.15) is 5.10 Å². The number of esters is 1. The maximum absolute atomic E-state index is 13.3. The standard InChI is InChI=1S/C23H20FN5O5S/c1-34-22(30)9-10-35(32,33)21-4-2-3-16(28-21)11-26-23(31)19-12-25-14-20-18(19)13-27-29(20)17-7-5-15(24)6-8-17/h2-8,12-14H,9-11H2,1H3,(H,26,31). The Balaban J connectivity index is 1.50. The molecular weight excluding hydrogens is 477 g/mol. The first-order chi connectivity index (χ1) is 16.8. The second-order valence-electron chi connectivity index (χ2n) is 7.45. The van der Waals surface area contributed by atoms with Crippen LogP contribution in [0, 0.1) is 5.82 Å². The Hall–Kier alpha value is -4.19. The van der Waals surface area contributed by atoms with Crippen LogP contribution in [0.2, 0.25) is 0 Å². The maximum Gasteiger partial charge on any atom is 0.306 e. The molecule has 4 rings (SSSR count). The van der Waals surface area contributed by atoms with Crippen molar-refractivity contribution in [2.45, 2.75) is 18.0 Å². The van der Waals surface area contributed by atoms with Crippen molar-refractivity contribution in [1.29, 1.82) is 0 Å².